The van der Waals surface area contributed by atoms with E-state index in [0.29, 0.717) is 22.4 Å². The number of benzene rings is 2. The van der Waals surface area contributed by atoms with Crippen LogP contribution in [0.1, 0.15) is 26.3 Å². The summed E-state index contributed by atoms with van der Waals surface area (Å²) in [6.07, 6.45) is 0. The van der Waals surface area contributed by atoms with E-state index >= 15 is 0 Å². The molecule has 1 aliphatic carbocycles. The summed E-state index contributed by atoms with van der Waals surface area (Å²) >= 11 is 0. The molecule has 0 saturated heterocycles. The molecule has 0 atom stereocenters. The quantitative estimate of drug-likeness (QED) is 0.579. The van der Waals surface area contributed by atoms with Crippen LogP contribution in [0.2, 0.25) is 0 Å². The number of carbonyl (C=O) groups is 2. The first kappa shape index (κ1) is 11.8. The third kappa shape index (κ3) is 1.53. The van der Waals surface area contributed by atoms with Gasteiger partial charge in [-0.05, 0) is 18.2 Å². The largest absolute Gasteiger partial charge is 0.366 e. The molecule has 0 bridgehead atoms. The molecule has 4 nitrogen and oxygen atoms in total. The molecule has 0 fully saturated rings. The minimum Gasteiger partial charge on any atom is -0.366 e. The number of carbonyl (C=O) groups excluding carboxylic acids is 2. The van der Waals surface area contributed by atoms with E-state index in [0.717, 1.165) is 10.9 Å². The summed E-state index contributed by atoms with van der Waals surface area (Å²) in [7, 11) is 0. The van der Waals surface area contributed by atoms with E-state index < -0.39 is 5.91 Å². The summed E-state index contributed by atoms with van der Waals surface area (Å²) in [4.78, 5) is 28.7. The van der Waals surface area contributed by atoms with Gasteiger partial charge in [-0.15, -0.1) is 0 Å². The highest BCUT2D eigenvalue weighted by Gasteiger charge is 2.31. The minimum atomic E-state index is -0.599. The van der Waals surface area contributed by atoms with Crippen LogP contribution in [0.3, 0.4) is 0 Å². The van der Waals surface area contributed by atoms with Crippen molar-refractivity contribution < 1.29 is 9.59 Å². The molecule has 1 amide bonds. The lowest BCUT2D eigenvalue weighted by molar-refractivity contribution is 0.0983. The van der Waals surface area contributed by atoms with Crippen molar-refractivity contribution >= 4 is 22.6 Å². The number of fused-ring (bicyclic) bond motifs is 4. The second kappa shape index (κ2) is 3.99. The van der Waals surface area contributed by atoms with Crippen molar-refractivity contribution in [2.24, 2.45) is 5.73 Å². The summed E-state index contributed by atoms with van der Waals surface area (Å²) < 4.78 is 0. The SMILES string of the molecule is NC(=O)c1cccc2c1C(=O)c1cc3ccccc3nc1-2. The lowest BCUT2D eigenvalue weighted by Crippen LogP contribution is -2.15. The first-order chi connectivity index (χ1) is 10.2. The van der Waals surface area contributed by atoms with Crippen molar-refractivity contribution in [3.8, 4) is 11.3 Å². The van der Waals surface area contributed by atoms with Gasteiger partial charge in [0.05, 0.1) is 16.8 Å². The predicted molar refractivity (Wildman–Crippen MR) is 79.1 cm³/mol. The Bertz CT molecular complexity index is 945. The molecule has 100 valence electrons. The number of hydrogen-bond acceptors (Lipinski definition) is 3. The van der Waals surface area contributed by atoms with Crippen LogP contribution in [0.5, 0.6) is 0 Å². The van der Waals surface area contributed by atoms with Crippen LogP contribution < -0.4 is 5.73 Å². The van der Waals surface area contributed by atoms with E-state index in [1.165, 1.54) is 0 Å². The molecule has 0 spiro atoms. The maximum atomic E-state index is 12.6. The summed E-state index contributed by atoms with van der Waals surface area (Å²) in [5, 5.41) is 0.901. The van der Waals surface area contributed by atoms with Crippen molar-refractivity contribution in [2.75, 3.05) is 0 Å². The topological polar surface area (TPSA) is 73.1 Å². The number of primary amides is 1. The molecule has 0 radical (unpaired) electrons. The third-order valence-corrected chi connectivity index (χ3v) is 3.78. The zero-order chi connectivity index (χ0) is 14.6. The number of nitrogens with two attached hydrogens (primary N) is 1. The second-order valence-corrected chi connectivity index (χ2v) is 5.00. The normalized spacial score (nSPS) is 12.3. The zero-order valence-corrected chi connectivity index (χ0v) is 11.0. The van der Waals surface area contributed by atoms with Gasteiger partial charge in [0.1, 0.15) is 0 Å². The van der Waals surface area contributed by atoms with Crippen LogP contribution in [0.4, 0.5) is 0 Å². The molecular weight excluding hydrogens is 264 g/mol. The van der Waals surface area contributed by atoms with Crippen LogP contribution in [-0.4, -0.2) is 16.7 Å². The molecule has 1 aromatic heterocycles. The van der Waals surface area contributed by atoms with Crippen molar-refractivity contribution in [3.63, 3.8) is 0 Å². The molecule has 0 saturated carbocycles. The Morgan fingerprint density at radius 2 is 1.81 bits per heavy atom. The number of ketones is 1. The van der Waals surface area contributed by atoms with Gasteiger partial charge in [-0.3, -0.25) is 9.59 Å². The molecule has 2 N–H and O–H groups in total. The molecule has 0 aliphatic heterocycles. The highest BCUT2D eigenvalue weighted by Crippen LogP contribution is 2.38. The van der Waals surface area contributed by atoms with Crippen molar-refractivity contribution in [3.05, 3.63) is 65.2 Å². The fourth-order valence-corrected chi connectivity index (χ4v) is 2.83. The van der Waals surface area contributed by atoms with E-state index in [2.05, 4.69) is 4.98 Å². The van der Waals surface area contributed by atoms with Gasteiger partial charge in [0, 0.05) is 22.1 Å². The van der Waals surface area contributed by atoms with E-state index in [4.69, 9.17) is 5.73 Å². The van der Waals surface area contributed by atoms with Crippen molar-refractivity contribution in [1.29, 1.82) is 0 Å². The summed E-state index contributed by atoms with van der Waals surface area (Å²) in [6, 6.07) is 14.5. The zero-order valence-electron chi connectivity index (χ0n) is 11.0. The van der Waals surface area contributed by atoms with Gasteiger partial charge < -0.3 is 5.73 Å². The molecular formula is C17H10N2O2. The van der Waals surface area contributed by atoms with E-state index in [1.807, 2.05) is 30.3 Å². The number of amides is 1. The number of pyridine rings is 1. The van der Waals surface area contributed by atoms with Crippen LogP contribution in [0.25, 0.3) is 22.2 Å². The molecule has 2 aromatic carbocycles. The average Bonchev–Trinajstić information content (AvgIpc) is 2.78. The Morgan fingerprint density at radius 1 is 1.00 bits per heavy atom. The van der Waals surface area contributed by atoms with Crippen LogP contribution in [0.15, 0.2) is 48.5 Å². The Hall–Kier alpha value is -3.01. The number of nitrogens with zero attached hydrogens (tertiary/aromatic N) is 1. The first-order valence-corrected chi connectivity index (χ1v) is 6.54. The molecule has 1 heterocycles. The van der Waals surface area contributed by atoms with E-state index in [9.17, 15) is 9.59 Å². The minimum absolute atomic E-state index is 0.187. The average molecular weight is 274 g/mol. The predicted octanol–water partition coefficient (Wildman–Crippen LogP) is 2.55. The number of aromatic nitrogens is 1. The number of para-hydroxylation sites is 1. The molecule has 21 heavy (non-hydrogen) atoms. The van der Waals surface area contributed by atoms with E-state index in [-0.39, 0.29) is 11.3 Å². The van der Waals surface area contributed by atoms with Gasteiger partial charge >= 0.3 is 0 Å². The van der Waals surface area contributed by atoms with E-state index in [1.54, 1.807) is 18.2 Å². The molecule has 0 unspecified atom stereocenters. The Kier molecular flexibility index (Phi) is 2.24. The second-order valence-electron chi connectivity index (χ2n) is 5.00. The highest BCUT2D eigenvalue weighted by molar-refractivity contribution is 6.25. The van der Waals surface area contributed by atoms with Crippen LogP contribution in [-0.2, 0) is 0 Å². The summed E-state index contributed by atoms with van der Waals surface area (Å²) in [5.41, 5.74) is 8.63. The Balaban J connectivity index is 2.09. The summed E-state index contributed by atoms with van der Waals surface area (Å²) in [5.74, 6) is -0.787. The monoisotopic (exact) mass is 274 g/mol. The Labute approximate surface area is 120 Å². The van der Waals surface area contributed by atoms with Gasteiger partial charge in [0.2, 0.25) is 5.91 Å². The Morgan fingerprint density at radius 3 is 2.62 bits per heavy atom. The highest BCUT2D eigenvalue weighted by atomic mass is 16.1. The third-order valence-electron chi connectivity index (χ3n) is 3.78. The van der Waals surface area contributed by atoms with Gasteiger partial charge in [-0.1, -0.05) is 30.3 Å². The van der Waals surface area contributed by atoms with Gasteiger partial charge in [-0.25, -0.2) is 4.98 Å². The first-order valence-electron chi connectivity index (χ1n) is 6.54. The van der Waals surface area contributed by atoms with Crippen LogP contribution >= 0.6 is 0 Å². The van der Waals surface area contributed by atoms with Gasteiger partial charge in [0.25, 0.3) is 0 Å². The molecule has 4 heteroatoms. The number of rotatable bonds is 1. The lowest BCUT2D eigenvalue weighted by Gasteiger charge is -2.03. The van der Waals surface area contributed by atoms with Crippen LogP contribution in [0, 0.1) is 0 Å². The van der Waals surface area contributed by atoms with Crippen molar-refractivity contribution in [1.82, 2.24) is 4.98 Å². The molecule has 4 rings (SSSR count). The fourth-order valence-electron chi connectivity index (χ4n) is 2.83. The maximum absolute atomic E-state index is 12.6. The van der Waals surface area contributed by atoms with Crippen molar-refractivity contribution in [2.45, 2.75) is 0 Å². The lowest BCUT2D eigenvalue weighted by atomic mass is 10.0. The standard InChI is InChI=1S/C17H10N2O2/c18-17(21)11-6-3-5-10-14(11)16(20)12-8-9-4-1-2-7-13(9)19-15(10)12/h1-8H,(H2,18,21). The van der Waals surface area contributed by atoms with Gasteiger partial charge in [0.15, 0.2) is 5.78 Å². The molecule has 1 aliphatic rings. The smallest absolute Gasteiger partial charge is 0.249 e. The molecule has 3 aromatic rings. The maximum Gasteiger partial charge on any atom is 0.249 e. The fraction of sp³-hybridized carbons (Fsp3) is 0. The summed E-state index contributed by atoms with van der Waals surface area (Å²) in [6.45, 7) is 0. The number of hydrogen-bond donors (Lipinski definition) is 1. The van der Waals surface area contributed by atoms with Gasteiger partial charge in [-0.2, -0.15) is 0 Å².